The van der Waals surface area contributed by atoms with Gasteiger partial charge in [0.1, 0.15) is 11.0 Å². The predicted molar refractivity (Wildman–Crippen MR) is 113 cm³/mol. The molecule has 0 radical (unpaired) electrons. The van der Waals surface area contributed by atoms with Crippen molar-refractivity contribution in [2.45, 2.75) is 25.9 Å². The van der Waals surface area contributed by atoms with E-state index in [0.29, 0.717) is 23.5 Å². The average Bonchev–Trinajstić information content (AvgIpc) is 3.07. The molecule has 2 atom stereocenters. The molecule has 1 fully saturated rings. The number of hydrogen-bond acceptors (Lipinski definition) is 3. The van der Waals surface area contributed by atoms with Crippen LogP contribution in [0.3, 0.4) is 0 Å². The van der Waals surface area contributed by atoms with Crippen molar-refractivity contribution in [2.75, 3.05) is 13.2 Å². The van der Waals surface area contributed by atoms with Gasteiger partial charge in [0.15, 0.2) is 0 Å². The summed E-state index contributed by atoms with van der Waals surface area (Å²) in [6, 6.07) is 15.9. The van der Waals surface area contributed by atoms with E-state index in [1.165, 1.54) is 16.8 Å². The minimum absolute atomic E-state index is 0.0428. The lowest BCUT2D eigenvalue weighted by molar-refractivity contribution is -0.0272. The van der Waals surface area contributed by atoms with Crippen molar-refractivity contribution in [1.82, 2.24) is 15.1 Å². The summed E-state index contributed by atoms with van der Waals surface area (Å²) in [6.07, 6.45) is 1.90. The Balaban J connectivity index is 1.49. The molecule has 156 valence electrons. The maximum atomic E-state index is 13.2. The molecule has 4 rings (SSSR count). The first-order chi connectivity index (χ1) is 14.5. The first-order valence-corrected chi connectivity index (χ1v) is 10.4. The molecule has 2 unspecified atom stereocenters. The molecule has 30 heavy (non-hydrogen) atoms. The smallest absolute Gasteiger partial charge is 0.256 e. The van der Waals surface area contributed by atoms with Crippen molar-refractivity contribution < 1.29 is 13.9 Å². The number of carbonyl (C=O) groups excluding carboxylic acids is 1. The zero-order valence-corrected chi connectivity index (χ0v) is 17.4. The normalized spacial score (nSPS) is 18.9. The standard InChI is InChI=1S/C23H23ClFN3O2/c1-15-20(22(24)28(27-15)19-11-9-18(25)10-12-19)23(29)26-14-17-8-5-13-30-21(17)16-6-3-2-4-7-16/h2-4,6-7,9-12,17,21H,5,8,13-14H2,1H3,(H,26,29). The lowest BCUT2D eigenvalue weighted by atomic mass is 9.89. The van der Waals surface area contributed by atoms with E-state index >= 15 is 0 Å². The number of nitrogens with one attached hydrogen (secondary N) is 1. The van der Waals surface area contributed by atoms with Crippen molar-refractivity contribution in [1.29, 1.82) is 0 Å². The second kappa shape index (κ2) is 8.98. The van der Waals surface area contributed by atoms with E-state index in [4.69, 9.17) is 16.3 Å². The Morgan fingerprint density at radius 1 is 1.23 bits per heavy atom. The summed E-state index contributed by atoms with van der Waals surface area (Å²) in [5.74, 6) is -0.445. The van der Waals surface area contributed by atoms with E-state index in [0.717, 1.165) is 25.0 Å². The van der Waals surface area contributed by atoms with Crippen molar-refractivity contribution in [3.05, 3.63) is 82.4 Å². The predicted octanol–water partition coefficient (Wildman–Crippen LogP) is 4.87. The molecule has 2 heterocycles. The summed E-state index contributed by atoms with van der Waals surface area (Å²) < 4.78 is 20.7. The summed E-state index contributed by atoms with van der Waals surface area (Å²) >= 11 is 6.47. The summed E-state index contributed by atoms with van der Waals surface area (Å²) in [6.45, 7) is 2.94. The van der Waals surface area contributed by atoms with Crippen LogP contribution in [0.4, 0.5) is 4.39 Å². The Morgan fingerprint density at radius 3 is 2.70 bits per heavy atom. The summed E-state index contributed by atoms with van der Waals surface area (Å²) in [5, 5.41) is 7.58. The van der Waals surface area contributed by atoms with Crippen molar-refractivity contribution in [2.24, 2.45) is 5.92 Å². The van der Waals surface area contributed by atoms with E-state index in [1.54, 1.807) is 19.1 Å². The monoisotopic (exact) mass is 427 g/mol. The highest BCUT2D eigenvalue weighted by molar-refractivity contribution is 6.33. The fraction of sp³-hybridized carbons (Fsp3) is 0.304. The SMILES string of the molecule is Cc1nn(-c2ccc(F)cc2)c(Cl)c1C(=O)NCC1CCCOC1c1ccccc1. The minimum atomic E-state index is -0.348. The maximum absolute atomic E-state index is 13.2. The zero-order chi connectivity index (χ0) is 21.1. The minimum Gasteiger partial charge on any atom is -0.373 e. The van der Waals surface area contributed by atoms with Gasteiger partial charge >= 0.3 is 0 Å². The van der Waals surface area contributed by atoms with Crippen LogP contribution in [-0.4, -0.2) is 28.8 Å². The molecular formula is C23H23ClFN3O2. The lowest BCUT2D eigenvalue weighted by Crippen LogP contribution is -2.35. The second-order valence-electron chi connectivity index (χ2n) is 7.45. The van der Waals surface area contributed by atoms with Gasteiger partial charge < -0.3 is 10.1 Å². The Morgan fingerprint density at radius 2 is 1.97 bits per heavy atom. The summed E-state index contributed by atoms with van der Waals surface area (Å²) in [5.41, 5.74) is 2.55. The fourth-order valence-electron chi connectivity index (χ4n) is 3.89. The van der Waals surface area contributed by atoms with E-state index in [-0.39, 0.29) is 28.9 Å². The topological polar surface area (TPSA) is 56.2 Å². The summed E-state index contributed by atoms with van der Waals surface area (Å²) in [7, 11) is 0. The van der Waals surface area contributed by atoms with Crippen LogP contribution in [0.2, 0.25) is 5.15 Å². The number of aromatic nitrogens is 2. The molecule has 3 aromatic rings. The number of benzene rings is 2. The van der Waals surface area contributed by atoms with Crippen LogP contribution in [-0.2, 0) is 4.74 Å². The van der Waals surface area contributed by atoms with Crippen LogP contribution in [0.15, 0.2) is 54.6 Å². The molecule has 0 aliphatic carbocycles. The van der Waals surface area contributed by atoms with Gasteiger partial charge in [-0.15, -0.1) is 0 Å². The molecule has 0 spiro atoms. The second-order valence-corrected chi connectivity index (χ2v) is 7.81. The van der Waals surface area contributed by atoms with Gasteiger partial charge in [0.25, 0.3) is 5.91 Å². The fourth-order valence-corrected chi connectivity index (χ4v) is 4.24. The average molecular weight is 428 g/mol. The number of nitrogens with zero attached hydrogens (tertiary/aromatic N) is 2. The first kappa shape index (κ1) is 20.6. The number of amides is 1. The largest absolute Gasteiger partial charge is 0.373 e. The molecule has 2 aromatic carbocycles. The highest BCUT2D eigenvalue weighted by Gasteiger charge is 2.29. The molecule has 0 saturated carbocycles. The van der Waals surface area contributed by atoms with Gasteiger partial charge in [-0.1, -0.05) is 41.9 Å². The van der Waals surface area contributed by atoms with Gasteiger partial charge in [-0.05, 0) is 49.6 Å². The molecule has 1 aliphatic heterocycles. The maximum Gasteiger partial charge on any atom is 0.256 e. The van der Waals surface area contributed by atoms with Crippen LogP contribution in [0.25, 0.3) is 5.69 Å². The van der Waals surface area contributed by atoms with E-state index in [9.17, 15) is 9.18 Å². The third-order valence-corrected chi connectivity index (χ3v) is 5.75. The van der Waals surface area contributed by atoms with Gasteiger partial charge in [-0.2, -0.15) is 5.10 Å². The van der Waals surface area contributed by atoms with Crippen molar-refractivity contribution in [3.8, 4) is 5.69 Å². The van der Waals surface area contributed by atoms with Gasteiger partial charge in [-0.25, -0.2) is 9.07 Å². The Kier molecular flexibility index (Phi) is 6.16. The molecule has 1 aliphatic rings. The lowest BCUT2D eigenvalue weighted by Gasteiger charge is -2.32. The Hall–Kier alpha value is -2.70. The molecule has 0 bridgehead atoms. The molecule has 1 saturated heterocycles. The molecule has 1 amide bonds. The number of ether oxygens (including phenoxy) is 1. The number of rotatable bonds is 5. The van der Waals surface area contributed by atoms with Crippen LogP contribution < -0.4 is 5.32 Å². The van der Waals surface area contributed by atoms with Crippen LogP contribution in [0, 0.1) is 18.7 Å². The van der Waals surface area contributed by atoms with Gasteiger partial charge in [-0.3, -0.25) is 4.79 Å². The van der Waals surface area contributed by atoms with E-state index < -0.39 is 0 Å². The molecular weight excluding hydrogens is 405 g/mol. The number of hydrogen-bond donors (Lipinski definition) is 1. The quantitative estimate of drug-likeness (QED) is 0.632. The molecule has 5 nitrogen and oxygen atoms in total. The molecule has 1 aromatic heterocycles. The Bertz CT molecular complexity index is 1020. The first-order valence-electron chi connectivity index (χ1n) is 10.0. The van der Waals surface area contributed by atoms with Gasteiger partial charge in [0, 0.05) is 19.1 Å². The zero-order valence-electron chi connectivity index (χ0n) is 16.6. The summed E-state index contributed by atoms with van der Waals surface area (Å²) in [4.78, 5) is 12.9. The third-order valence-electron chi connectivity index (χ3n) is 5.40. The number of halogens is 2. The van der Waals surface area contributed by atoms with Crippen LogP contribution in [0.5, 0.6) is 0 Å². The van der Waals surface area contributed by atoms with Crippen LogP contribution >= 0.6 is 11.6 Å². The molecule has 1 N–H and O–H groups in total. The highest BCUT2D eigenvalue weighted by atomic mass is 35.5. The van der Waals surface area contributed by atoms with Gasteiger partial charge in [0.05, 0.1) is 23.0 Å². The van der Waals surface area contributed by atoms with E-state index in [2.05, 4.69) is 22.5 Å². The molecule has 7 heteroatoms. The third kappa shape index (κ3) is 4.25. The highest BCUT2D eigenvalue weighted by Crippen LogP contribution is 2.33. The number of aryl methyl sites for hydroxylation is 1. The Labute approximate surface area is 179 Å². The van der Waals surface area contributed by atoms with Crippen molar-refractivity contribution >= 4 is 17.5 Å². The van der Waals surface area contributed by atoms with Gasteiger partial charge in [0.2, 0.25) is 0 Å². The van der Waals surface area contributed by atoms with Crippen molar-refractivity contribution in [3.63, 3.8) is 0 Å². The van der Waals surface area contributed by atoms with E-state index in [1.807, 2.05) is 18.2 Å². The number of carbonyl (C=O) groups is 1. The van der Waals surface area contributed by atoms with Crippen LogP contribution in [0.1, 0.15) is 40.6 Å².